The summed E-state index contributed by atoms with van der Waals surface area (Å²) in [7, 11) is 0. The maximum atomic E-state index is 12.7. The average molecular weight is 349 g/mol. The quantitative estimate of drug-likeness (QED) is 0.752. The molecule has 0 aromatic heterocycles. The third-order valence-electron chi connectivity index (χ3n) is 5.01. The van der Waals surface area contributed by atoms with E-state index in [1.54, 1.807) is 6.92 Å². The van der Waals surface area contributed by atoms with E-state index in [2.05, 4.69) is 44.7 Å². The van der Waals surface area contributed by atoms with Gasteiger partial charge in [0, 0.05) is 12.1 Å². The second kappa shape index (κ2) is 8.31. The fraction of sp³-hybridized carbons (Fsp3) is 0.667. The van der Waals surface area contributed by atoms with E-state index < -0.39 is 6.67 Å². The zero-order valence-corrected chi connectivity index (χ0v) is 16.3. The molecule has 1 fully saturated rings. The molecule has 1 aliphatic heterocycles. The molecule has 1 atom stereocenters. The molecule has 0 unspecified atom stereocenters. The number of alkyl halides is 1. The molecular formula is C21H32FNO2. The van der Waals surface area contributed by atoms with E-state index in [0.717, 1.165) is 37.1 Å². The number of carbonyl (C=O) groups is 1. The first kappa shape index (κ1) is 19.9. The Balaban J connectivity index is 2.34. The lowest BCUT2D eigenvalue weighted by Crippen LogP contribution is -2.43. The van der Waals surface area contributed by atoms with E-state index in [9.17, 15) is 9.18 Å². The monoisotopic (exact) mass is 349 g/mol. The van der Waals surface area contributed by atoms with Gasteiger partial charge in [-0.25, -0.2) is 4.39 Å². The maximum Gasteiger partial charge on any atom is 0.146 e. The fourth-order valence-electron chi connectivity index (χ4n) is 3.82. The molecule has 1 aromatic carbocycles. The number of aryl methyl sites for hydroxylation is 1. The Bertz CT molecular complexity index is 607. The Labute approximate surface area is 151 Å². The van der Waals surface area contributed by atoms with E-state index in [1.165, 1.54) is 11.1 Å². The highest BCUT2D eigenvalue weighted by Gasteiger charge is 2.27. The standard InChI is InChI=1S/C21H32FNO2/c1-15-12-17(14-23-10-7-6-8-19(23)16(2)24)20(25-11-9-22)13-18(15)21(3,4)5/h12-13,19H,6-11,14H2,1-5H3/t19-/m0/s1. The van der Waals surface area contributed by atoms with Gasteiger partial charge in [0.05, 0.1) is 6.04 Å². The maximum absolute atomic E-state index is 12.7. The van der Waals surface area contributed by atoms with E-state index >= 15 is 0 Å². The molecular weight excluding hydrogens is 317 g/mol. The molecule has 0 radical (unpaired) electrons. The minimum Gasteiger partial charge on any atom is -0.491 e. The summed E-state index contributed by atoms with van der Waals surface area (Å²) in [5.41, 5.74) is 3.48. The van der Waals surface area contributed by atoms with Gasteiger partial charge >= 0.3 is 0 Å². The van der Waals surface area contributed by atoms with Crippen LogP contribution in [0.1, 0.15) is 63.6 Å². The predicted molar refractivity (Wildman–Crippen MR) is 100 cm³/mol. The van der Waals surface area contributed by atoms with Crippen molar-refractivity contribution in [1.82, 2.24) is 4.90 Å². The van der Waals surface area contributed by atoms with Crippen molar-refractivity contribution in [2.45, 2.75) is 71.9 Å². The summed E-state index contributed by atoms with van der Waals surface area (Å²) in [6.07, 6.45) is 3.15. The Morgan fingerprint density at radius 3 is 2.64 bits per heavy atom. The van der Waals surface area contributed by atoms with Gasteiger partial charge in [0.25, 0.3) is 0 Å². The van der Waals surface area contributed by atoms with E-state index in [4.69, 9.17) is 4.74 Å². The highest BCUT2D eigenvalue weighted by Crippen LogP contribution is 2.33. The number of ether oxygens (including phenoxy) is 1. The number of rotatable bonds is 6. The lowest BCUT2D eigenvalue weighted by atomic mass is 9.83. The first-order valence-electron chi connectivity index (χ1n) is 9.31. The van der Waals surface area contributed by atoms with Crippen LogP contribution in [0.3, 0.4) is 0 Å². The summed E-state index contributed by atoms with van der Waals surface area (Å²) in [6.45, 7) is 11.5. The molecule has 2 rings (SSSR count). The van der Waals surface area contributed by atoms with Crippen LogP contribution >= 0.6 is 0 Å². The lowest BCUT2D eigenvalue weighted by Gasteiger charge is -2.35. The molecule has 1 saturated heterocycles. The highest BCUT2D eigenvalue weighted by molar-refractivity contribution is 5.81. The summed E-state index contributed by atoms with van der Waals surface area (Å²) in [5.74, 6) is 0.981. The van der Waals surface area contributed by atoms with Gasteiger partial charge in [0.2, 0.25) is 0 Å². The molecule has 0 spiro atoms. The van der Waals surface area contributed by atoms with E-state index in [0.29, 0.717) is 6.54 Å². The van der Waals surface area contributed by atoms with Gasteiger partial charge in [-0.15, -0.1) is 0 Å². The van der Waals surface area contributed by atoms with Crippen molar-refractivity contribution >= 4 is 5.78 Å². The zero-order chi connectivity index (χ0) is 18.6. The molecule has 3 nitrogen and oxygen atoms in total. The van der Waals surface area contributed by atoms with Crippen molar-refractivity contribution < 1.29 is 13.9 Å². The first-order valence-corrected chi connectivity index (χ1v) is 9.31. The second-order valence-electron chi connectivity index (χ2n) is 8.16. The number of carbonyl (C=O) groups excluding carboxylic acids is 1. The first-order chi connectivity index (χ1) is 11.7. The number of benzene rings is 1. The molecule has 0 amide bonds. The number of hydrogen-bond acceptors (Lipinski definition) is 3. The van der Waals surface area contributed by atoms with Crippen LogP contribution in [0.15, 0.2) is 12.1 Å². The number of halogens is 1. The molecule has 1 aliphatic rings. The summed E-state index contributed by atoms with van der Waals surface area (Å²) >= 11 is 0. The molecule has 0 saturated carbocycles. The Hall–Kier alpha value is -1.42. The summed E-state index contributed by atoms with van der Waals surface area (Å²) in [4.78, 5) is 14.2. The van der Waals surface area contributed by atoms with Gasteiger partial charge < -0.3 is 4.74 Å². The normalized spacial score (nSPS) is 19.0. The minimum absolute atomic E-state index is 0.00345. The van der Waals surface area contributed by atoms with Crippen LogP contribution in [0.25, 0.3) is 0 Å². The Morgan fingerprint density at radius 2 is 2.04 bits per heavy atom. The van der Waals surface area contributed by atoms with Crippen molar-refractivity contribution in [2.75, 3.05) is 19.8 Å². The van der Waals surface area contributed by atoms with E-state index in [-0.39, 0.29) is 23.8 Å². The van der Waals surface area contributed by atoms with Gasteiger partial charge in [-0.2, -0.15) is 0 Å². The molecule has 25 heavy (non-hydrogen) atoms. The molecule has 140 valence electrons. The van der Waals surface area contributed by atoms with Crippen LogP contribution in [-0.4, -0.2) is 36.6 Å². The summed E-state index contributed by atoms with van der Waals surface area (Å²) in [5, 5.41) is 0. The predicted octanol–water partition coefficient (Wildman–Crippen LogP) is 4.58. The van der Waals surface area contributed by atoms with Crippen LogP contribution in [0.4, 0.5) is 4.39 Å². The number of nitrogens with zero attached hydrogens (tertiary/aromatic N) is 1. The molecule has 0 N–H and O–H groups in total. The summed E-state index contributed by atoms with van der Waals surface area (Å²) < 4.78 is 18.4. The Morgan fingerprint density at radius 1 is 1.32 bits per heavy atom. The lowest BCUT2D eigenvalue weighted by molar-refractivity contribution is -0.123. The molecule has 4 heteroatoms. The second-order valence-corrected chi connectivity index (χ2v) is 8.16. The third kappa shape index (κ3) is 5.04. The van der Waals surface area contributed by atoms with Gasteiger partial charge in [0.1, 0.15) is 24.8 Å². The number of likely N-dealkylation sites (tertiary alicyclic amines) is 1. The topological polar surface area (TPSA) is 29.5 Å². The number of ketones is 1. The zero-order valence-electron chi connectivity index (χ0n) is 16.3. The third-order valence-corrected chi connectivity index (χ3v) is 5.01. The van der Waals surface area contributed by atoms with Crippen molar-refractivity contribution in [3.8, 4) is 5.75 Å². The van der Waals surface area contributed by atoms with E-state index in [1.807, 2.05) is 0 Å². The molecule has 0 bridgehead atoms. The Kier molecular flexibility index (Phi) is 6.61. The molecule has 1 aromatic rings. The minimum atomic E-state index is -0.502. The van der Waals surface area contributed by atoms with Crippen LogP contribution in [-0.2, 0) is 16.8 Å². The number of Topliss-reactive ketones (excluding diaryl/α,β-unsaturated/α-hetero) is 1. The summed E-state index contributed by atoms with van der Waals surface area (Å²) in [6, 6.07) is 4.21. The van der Waals surface area contributed by atoms with Crippen molar-refractivity contribution in [2.24, 2.45) is 0 Å². The SMILES string of the molecule is CC(=O)[C@@H]1CCCCN1Cc1cc(C)c(C(C)(C)C)cc1OCCF. The smallest absolute Gasteiger partial charge is 0.146 e. The fourth-order valence-corrected chi connectivity index (χ4v) is 3.82. The van der Waals surface area contributed by atoms with Gasteiger partial charge in [-0.05, 0) is 55.8 Å². The van der Waals surface area contributed by atoms with Crippen LogP contribution < -0.4 is 4.74 Å². The van der Waals surface area contributed by atoms with Gasteiger partial charge in [-0.1, -0.05) is 33.3 Å². The number of hydrogen-bond donors (Lipinski definition) is 0. The van der Waals surface area contributed by atoms with Crippen molar-refractivity contribution in [3.63, 3.8) is 0 Å². The molecule has 1 heterocycles. The highest BCUT2D eigenvalue weighted by atomic mass is 19.1. The van der Waals surface area contributed by atoms with Crippen LogP contribution in [0.2, 0.25) is 0 Å². The number of piperidine rings is 1. The van der Waals surface area contributed by atoms with Crippen LogP contribution in [0, 0.1) is 6.92 Å². The van der Waals surface area contributed by atoms with Gasteiger partial charge in [0.15, 0.2) is 0 Å². The largest absolute Gasteiger partial charge is 0.491 e. The van der Waals surface area contributed by atoms with Crippen LogP contribution in [0.5, 0.6) is 5.75 Å². The molecule has 0 aliphatic carbocycles. The van der Waals surface area contributed by atoms with Gasteiger partial charge in [-0.3, -0.25) is 9.69 Å². The van der Waals surface area contributed by atoms with Crippen molar-refractivity contribution in [3.05, 3.63) is 28.8 Å². The van der Waals surface area contributed by atoms with Crippen molar-refractivity contribution in [1.29, 1.82) is 0 Å². The average Bonchev–Trinajstić information content (AvgIpc) is 2.53.